The normalized spacial score (nSPS) is 9.67. The van der Waals surface area contributed by atoms with Crippen molar-refractivity contribution >= 4 is 28.6 Å². The van der Waals surface area contributed by atoms with Gasteiger partial charge in [-0.05, 0) is 12.1 Å². The number of rotatable bonds is 2. The summed E-state index contributed by atoms with van der Waals surface area (Å²) in [4.78, 5) is 15.2. The molecule has 0 atom stereocenters. The lowest BCUT2D eigenvalue weighted by Crippen LogP contribution is -2.06. The molecule has 2 heterocycles. The lowest BCUT2D eigenvalue weighted by molar-refractivity contribution is 0.00679. The number of carbonyl (C=O) groups excluding carboxylic acids is 1. The van der Waals surface area contributed by atoms with Gasteiger partial charge in [0.2, 0.25) is 0 Å². The van der Waals surface area contributed by atoms with Crippen LogP contribution >= 0.6 is 17.0 Å². The molecule has 0 aliphatic rings. The Morgan fingerprint density at radius 2 is 2.33 bits per heavy atom. The maximum Gasteiger partial charge on any atom is 0.341 e. The van der Waals surface area contributed by atoms with Crippen molar-refractivity contribution in [2.75, 3.05) is 6.79 Å². The number of aliphatic hydroxyl groups excluding tert-OH is 1. The molecule has 0 aliphatic heterocycles. The lowest BCUT2D eigenvalue weighted by atomic mass is 10.3. The predicted octanol–water partition coefficient (Wildman–Crippen LogP) is 1.02. The van der Waals surface area contributed by atoms with Crippen molar-refractivity contribution in [1.29, 1.82) is 0 Å². The van der Waals surface area contributed by atoms with Gasteiger partial charge in [0.15, 0.2) is 6.79 Å². The molecule has 0 amide bonds. The SMILES string of the molecule is Br.O=C(OCO)c1ccc2nccn2c1. The molecule has 2 aromatic rings. The summed E-state index contributed by atoms with van der Waals surface area (Å²) in [6.07, 6.45) is 4.96. The van der Waals surface area contributed by atoms with E-state index in [9.17, 15) is 4.79 Å². The first-order valence-electron chi connectivity index (χ1n) is 4.02. The van der Waals surface area contributed by atoms with Gasteiger partial charge >= 0.3 is 5.97 Å². The van der Waals surface area contributed by atoms with Gasteiger partial charge < -0.3 is 14.2 Å². The summed E-state index contributed by atoms with van der Waals surface area (Å²) >= 11 is 0. The summed E-state index contributed by atoms with van der Waals surface area (Å²) in [6, 6.07) is 3.30. The zero-order chi connectivity index (χ0) is 9.97. The largest absolute Gasteiger partial charge is 0.435 e. The van der Waals surface area contributed by atoms with E-state index < -0.39 is 12.8 Å². The van der Waals surface area contributed by atoms with E-state index in [2.05, 4.69) is 9.72 Å². The maximum atomic E-state index is 11.2. The second-order valence-corrected chi connectivity index (χ2v) is 2.67. The molecule has 1 N–H and O–H groups in total. The summed E-state index contributed by atoms with van der Waals surface area (Å²) in [5, 5.41) is 8.41. The zero-order valence-electron chi connectivity index (χ0n) is 7.66. The van der Waals surface area contributed by atoms with Crippen LogP contribution in [0.15, 0.2) is 30.7 Å². The molecule has 0 saturated heterocycles. The second-order valence-electron chi connectivity index (χ2n) is 2.67. The standard InChI is InChI=1S/C9H8N2O3.BrH/c12-6-14-9(13)7-1-2-8-10-3-4-11(8)5-7;/h1-5,12H,6H2;1H. The molecule has 0 unspecified atom stereocenters. The van der Waals surface area contributed by atoms with Crippen LogP contribution in [0.25, 0.3) is 5.65 Å². The molecule has 2 aromatic heterocycles. The molecule has 6 heteroatoms. The average molecular weight is 273 g/mol. The molecule has 0 fully saturated rings. The van der Waals surface area contributed by atoms with E-state index in [0.29, 0.717) is 5.56 Å². The quantitative estimate of drug-likeness (QED) is 0.655. The molecular formula is C9H9BrN2O3. The van der Waals surface area contributed by atoms with Crippen molar-refractivity contribution < 1.29 is 14.6 Å². The number of fused-ring (bicyclic) bond motifs is 1. The number of halogens is 1. The van der Waals surface area contributed by atoms with Gasteiger partial charge in [0.25, 0.3) is 0 Å². The van der Waals surface area contributed by atoms with Crippen LogP contribution in [-0.4, -0.2) is 27.3 Å². The minimum atomic E-state index is -0.610. The van der Waals surface area contributed by atoms with Gasteiger partial charge in [0.05, 0.1) is 5.56 Å². The van der Waals surface area contributed by atoms with Crippen molar-refractivity contribution in [3.63, 3.8) is 0 Å². The molecule has 5 nitrogen and oxygen atoms in total. The molecule has 0 bridgehead atoms. The van der Waals surface area contributed by atoms with Crippen LogP contribution in [0.4, 0.5) is 0 Å². The number of aliphatic hydroxyl groups is 1. The third kappa shape index (κ3) is 2.34. The Hall–Kier alpha value is -1.40. The van der Waals surface area contributed by atoms with Gasteiger partial charge in [0.1, 0.15) is 5.65 Å². The minimum Gasteiger partial charge on any atom is -0.435 e. The highest BCUT2D eigenvalue weighted by Gasteiger charge is 2.06. The van der Waals surface area contributed by atoms with Crippen molar-refractivity contribution in [3.05, 3.63) is 36.3 Å². The van der Waals surface area contributed by atoms with Crippen molar-refractivity contribution in [3.8, 4) is 0 Å². The summed E-state index contributed by atoms with van der Waals surface area (Å²) < 4.78 is 6.14. The number of imidazole rings is 1. The lowest BCUT2D eigenvalue weighted by Gasteiger charge is -2.01. The van der Waals surface area contributed by atoms with Gasteiger partial charge in [-0.25, -0.2) is 9.78 Å². The minimum absolute atomic E-state index is 0. The summed E-state index contributed by atoms with van der Waals surface area (Å²) in [5.74, 6) is -0.553. The summed E-state index contributed by atoms with van der Waals surface area (Å²) in [7, 11) is 0. The monoisotopic (exact) mass is 272 g/mol. The third-order valence-corrected chi connectivity index (χ3v) is 1.82. The fraction of sp³-hybridized carbons (Fsp3) is 0.111. The zero-order valence-corrected chi connectivity index (χ0v) is 9.37. The number of pyridine rings is 1. The molecule has 2 rings (SSSR count). The Morgan fingerprint density at radius 1 is 1.53 bits per heavy atom. The Kier molecular flexibility index (Phi) is 3.81. The number of hydrogen-bond acceptors (Lipinski definition) is 4. The first kappa shape index (κ1) is 11.7. The van der Waals surface area contributed by atoms with Gasteiger partial charge in [0, 0.05) is 18.6 Å². The molecule has 80 valence electrons. The van der Waals surface area contributed by atoms with Gasteiger partial charge in [-0.3, -0.25) is 0 Å². The topological polar surface area (TPSA) is 63.8 Å². The average Bonchev–Trinajstić information content (AvgIpc) is 2.64. The van der Waals surface area contributed by atoms with Gasteiger partial charge in [-0.2, -0.15) is 0 Å². The number of nitrogens with zero attached hydrogens (tertiary/aromatic N) is 2. The molecule has 0 saturated carbocycles. The number of aromatic nitrogens is 2. The van der Waals surface area contributed by atoms with Crippen LogP contribution in [0.5, 0.6) is 0 Å². The van der Waals surface area contributed by atoms with E-state index in [4.69, 9.17) is 5.11 Å². The van der Waals surface area contributed by atoms with Crippen molar-refractivity contribution in [2.45, 2.75) is 0 Å². The Labute approximate surface area is 96.1 Å². The van der Waals surface area contributed by atoms with Gasteiger partial charge in [-0.1, -0.05) is 0 Å². The van der Waals surface area contributed by atoms with Crippen LogP contribution < -0.4 is 0 Å². The van der Waals surface area contributed by atoms with Crippen molar-refractivity contribution in [1.82, 2.24) is 9.38 Å². The molecule has 0 spiro atoms. The number of carbonyl (C=O) groups is 1. The Balaban J connectivity index is 0.00000112. The molecule has 0 aromatic carbocycles. The van der Waals surface area contributed by atoms with E-state index in [1.807, 2.05) is 0 Å². The molecule has 0 radical (unpaired) electrons. The second kappa shape index (κ2) is 4.90. The van der Waals surface area contributed by atoms with E-state index in [1.54, 1.807) is 35.1 Å². The van der Waals surface area contributed by atoms with Crippen molar-refractivity contribution in [2.24, 2.45) is 0 Å². The van der Waals surface area contributed by atoms with Crippen LogP contribution in [-0.2, 0) is 4.74 Å². The van der Waals surface area contributed by atoms with Crippen LogP contribution in [0.2, 0.25) is 0 Å². The van der Waals surface area contributed by atoms with E-state index >= 15 is 0 Å². The number of ether oxygens (including phenoxy) is 1. The third-order valence-electron chi connectivity index (χ3n) is 1.82. The fourth-order valence-electron chi connectivity index (χ4n) is 1.18. The summed E-state index contributed by atoms with van der Waals surface area (Å²) in [5.41, 5.74) is 1.13. The maximum absolute atomic E-state index is 11.2. The molecular weight excluding hydrogens is 264 g/mol. The Morgan fingerprint density at radius 3 is 3.07 bits per heavy atom. The van der Waals surface area contributed by atoms with E-state index in [0.717, 1.165) is 5.65 Å². The smallest absolute Gasteiger partial charge is 0.341 e. The first-order valence-corrected chi connectivity index (χ1v) is 4.02. The summed E-state index contributed by atoms with van der Waals surface area (Å²) in [6.45, 7) is -0.610. The highest BCUT2D eigenvalue weighted by atomic mass is 79.9. The van der Waals surface area contributed by atoms with Gasteiger partial charge in [-0.15, -0.1) is 17.0 Å². The van der Waals surface area contributed by atoms with E-state index in [1.165, 1.54) is 0 Å². The van der Waals surface area contributed by atoms with E-state index in [-0.39, 0.29) is 17.0 Å². The fourth-order valence-corrected chi connectivity index (χ4v) is 1.18. The molecule has 0 aliphatic carbocycles. The number of hydrogen-bond donors (Lipinski definition) is 1. The Bertz CT molecular complexity index is 469. The highest BCUT2D eigenvalue weighted by molar-refractivity contribution is 8.93. The number of esters is 1. The first-order chi connectivity index (χ1) is 6.81. The van der Waals surface area contributed by atoms with Crippen LogP contribution in [0, 0.1) is 0 Å². The van der Waals surface area contributed by atoms with Crippen LogP contribution in [0.1, 0.15) is 10.4 Å². The highest BCUT2D eigenvalue weighted by Crippen LogP contribution is 2.05. The predicted molar refractivity (Wildman–Crippen MR) is 58.0 cm³/mol. The van der Waals surface area contributed by atoms with Crippen LogP contribution in [0.3, 0.4) is 0 Å². The molecule has 15 heavy (non-hydrogen) atoms.